The average molecular weight is 482 g/mol. The van der Waals surface area contributed by atoms with E-state index in [0.717, 1.165) is 10.6 Å². The zero-order valence-corrected chi connectivity index (χ0v) is 20.0. The highest BCUT2D eigenvalue weighted by molar-refractivity contribution is 7.92. The summed E-state index contributed by atoms with van der Waals surface area (Å²) in [6.45, 7) is 3.20. The molecule has 0 bridgehead atoms. The van der Waals surface area contributed by atoms with Gasteiger partial charge in [0.2, 0.25) is 15.9 Å². The van der Waals surface area contributed by atoms with Crippen molar-refractivity contribution in [3.05, 3.63) is 84.4 Å². The predicted molar refractivity (Wildman–Crippen MR) is 133 cm³/mol. The lowest BCUT2D eigenvalue weighted by Gasteiger charge is -2.22. The number of nitrogens with one attached hydrogen (secondary N) is 2. The maximum atomic E-state index is 12.8. The van der Waals surface area contributed by atoms with Gasteiger partial charge in [-0.25, -0.2) is 8.42 Å². The summed E-state index contributed by atoms with van der Waals surface area (Å²) in [5, 5.41) is 5.43. The van der Waals surface area contributed by atoms with E-state index in [4.69, 9.17) is 4.74 Å². The van der Waals surface area contributed by atoms with Gasteiger partial charge in [-0.15, -0.1) is 0 Å². The number of amides is 2. The molecule has 3 rings (SSSR count). The average Bonchev–Trinajstić information content (AvgIpc) is 2.78. The highest BCUT2D eigenvalue weighted by Gasteiger charge is 2.22. The van der Waals surface area contributed by atoms with Crippen LogP contribution >= 0.6 is 0 Å². The lowest BCUT2D eigenvalue weighted by Crippen LogP contribution is -2.38. The van der Waals surface area contributed by atoms with Crippen molar-refractivity contribution in [1.82, 2.24) is 5.32 Å². The van der Waals surface area contributed by atoms with Crippen LogP contribution in [0.15, 0.2) is 78.9 Å². The Labute approximate surface area is 199 Å². The third kappa shape index (κ3) is 6.82. The van der Waals surface area contributed by atoms with Crippen molar-refractivity contribution < 1.29 is 22.7 Å². The van der Waals surface area contributed by atoms with E-state index in [0.29, 0.717) is 22.9 Å². The van der Waals surface area contributed by atoms with E-state index >= 15 is 0 Å². The molecule has 3 aromatic rings. The Morgan fingerprint density at radius 2 is 1.47 bits per heavy atom. The van der Waals surface area contributed by atoms with Crippen molar-refractivity contribution in [3.8, 4) is 11.5 Å². The fraction of sp³-hybridized carbons (Fsp3) is 0.200. The third-order valence-corrected chi connectivity index (χ3v) is 5.80. The SMILES string of the molecule is CC(C)NC(=O)c1ccccc1NC(=O)CN(c1ccc(Oc2ccccc2)cc1)S(C)(=O)=O. The molecule has 9 heteroatoms. The van der Waals surface area contributed by atoms with Crippen molar-refractivity contribution in [2.24, 2.45) is 0 Å². The third-order valence-electron chi connectivity index (χ3n) is 4.66. The van der Waals surface area contributed by atoms with Crippen LogP contribution in [0.2, 0.25) is 0 Å². The molecule has 0 fully saturated rings. The minimum atomic E-state index is -3.77. The summed E-state index contributed by atoms with van der Waals surface area (Å²) >= 11 is 0. The zero-order valence-electron chi connectivity index (χ0n) is 19.2. The molecular weight excluding hydrogens is 454 g/mol. The van der Waals surface area contributed by atoms with Crippen molar-refractivity contribution in [2.45, 2.75) is 19.9 Å². The monoisotopic (exact) mass is 481 g/mol. The number of ether oxygens (including phenoxy) is 1. The molecule has 0 heterocycles. The molecule has 0 saturated carbocycles. The van der Waals surface area contributed by atoms with Gasteiger partial charge in [0.1, 0.15) is 18.0 Å². The summed E-state index contributed by atoms with van der Waals surface area (Å²) in [4.78, 5) is 25.2. The van der Waals surface area contributed by atoms with Crippen LogP contribution in [-0.4, -0.2) is 39.1 Å². The molecule has 0 aromatic heterocycles. The molecular formula is C25H27N3O5S. The standard InChI is InChI=1S/C25H27N3O5S/c1-18(2)26-25(30)22-11-7-8-12-23(22)27-24(29)17-28(34(3,31)32)19-13-15-21(16-14-19)33-20-9-5-4-6-10-20/h4-16,18H,17H2,1-3H3,(H,26,30)(H,27,29). The van der Waals surface area contributed by atoms with Crippen LogP contribution in [-0.2, 0) is 14.8 Å². The topological polar surface area (TPSA) is 105 Å². The van der Waals surface area contributed by atoms with E-state index in [1.54, 1.807) is 60.7 Å². The Balaban J connectivity index is 1.75. The molecule has 178 valence electrons. The molecule has 0 saturated heterocycles. The number of nitrogens with zero attached hydrogens (tertiary/aromatic N) is 1. The van der Waals surface area contributed by atoms with Gasteiger partial charge in [0, 0.05) is 6.04 Å². The van der Waals surface area contributed by atoms with Gasteiger partial charge in [0.05, 0.1) is 23.2 Å². The maximum Gasteiger partial charge on any atom is 0.253 e. The minimum Gasteiger partial charge on any atom is -0.457 e. The maximum absolute atomic E-state index is 12.8. The lowest BCUT2D eigenvalue weighted by atomic mass is 10.1. The second-order valence-corrected chi connectivity index (χ2v) is 9.81. The van der Waals surface area contributed by atoms with Crippen molar-refractivity contribution in [1.29, 1.82) is 0 Å². The Bertz CT molecular complexity index is 1240. The normalized spacial score (nSPS) is 11.1. The summed E-state index contributed by atoms with van der Waals surface area (Å²) in [5.74, 6) is 0.257. The van der Waals surface area contributed by atoms with Gasteiger partial charge in [-0.1, -0.05) is 30.3 Å². The summed E-state index contributed by atoms with van der Waals surface area (Å²) in [7, 11) is -3.77. The van der Waals surface area contributed by atoms with Gasteiger partial charge in [-0.2, -0.15) is 0 Å². The van der Waals surface area contributed by atoms with Crippen LogP contribution in [0.5, 0.6) is 11.5 Å². The number of para-hydroxylation sites is 2. The van der Waals surface area contributed by atoms with Crippen LogP contribution in [0, 0.1) is 0 Å². The molecule has 0 radical (unpaired) electrons. The summed E-state index contributed by atoms with van der Waals surface area (Å²) < 4.78 is 31.6. The Morgan fingerprint density at radius 3 is 2.09 bits per heavy atom. The molecule has 0 aliphatic heterocycles. The fourth-order valence-electron chi connectivity index (χ4n) is 3.16. The number of benzene rings is 3. The van der Waals surface area contributed by atoms with Crippen molar-refractivity contribution >= 4 is 33.2 Å². The molecule has 2 amide bonds. The molecule has 34 heavy (non-hydrogen) atoms. The van der Waals surface area contributed by atoms with Crippen LogP contribution in [0.4, 0.5) is 11.4 Å². The number of carbonyl (C=O) groups is 2. The number of anilines is 2. The molecule has 0 aliphatic rings. The van der Waals surface area contributed by atoms with Gasteiger partial charge in [-0.3, -0.25) is 13.9 Å². The molecule has 8 nitrogen and oxygen atoms in total. The van der Waals surface area contributed by atoms with E-state index in [9.17, 15) is 18.0 Å². The van der Waals surface area contributed by atoms with E-state index in [1.165, 1.54) is 0 Å². The molecule has 2 N–H and O–H groups in total. The zero-order chi connectivity index (χ0) is 24.7. The Morgan fingerprint density at radius 1 is 0.882 bits per heavy atom. The number of sulfonamides is 1. The van der Waals surface area contributed by atoms with Crippen LogP contribution < -0.4 is 19.7 Å². The number of rotatable bonds is 9. The first-order valence-electron chi connectivity index (χ1n) is 10.6. The molecule has 0 atom stereocenters. The van der Waals surface area contributed by atoms with E-state index in [-0.39, 0.29) is 17.5 Å². The fourth-order valence-corrected chi connectivity index (χ4v) is 4.01. The number of hydrogen-bond acceptors (Lipinski definition) is 5. The van der Waals surface area contributed by atoms with E-state index in [1.807, 2.05) is 32.0 Å². The smallest absolute Gasteiger partial charge is 0.253 e. The largest absolute Gasteiger partial charge is 0.457 e. The molecule has 0 spiro atoms. The van der Waals surface area contributed by atoms with Crippen molar-refractivity contribution in [2.75, 3.05) is 22.4 Å². The second kappa shape index (κ2) is 10.8. The van der Waals surface area contributed by atoms with Crippen molar-refractivity contribution in [3.63, 3.8) is 0 Å². The van der Waals surface area contributed by atoms with Crippen LogP contribution in [0.25, 0.3) is 0 Å². The van der Waals surface area contributed by atoms with Crippen LogP contribution in [0.1, 0.15) is 24.2 Å². The minimum absolute atomic E-state index is 0.0779. The number of hydrogen-bond donors (Lipinski definition) is 2. The molecule has 0 unspecified atom stereocenters. The highest BCUT2D eigenvalue weighted by Crippen LogP contribution is 2.25. The Kier molecular flexibility index (Phi) is 7.91. The predicted octanol–water partition coefficient (Wildman–Crippen LogP) is 4.02. The first-order chi connectivity index (χ1) is 16.1. The van der Waals surface area contributed by atoms with Gasteiger partial charge >= 0.3 is 0 Å². The van der Waals surface area contributed by atoms with Gasteiger partial charge in [-0.05, 0) is 62.4 Å². The van der Waals surface area contributed by atoms with Gasteiger partial charge in [0.15, 0.2) is 0 Å². The second-order valence-electron chi connectivity index (χ2n) is 7.90. The summed E-state index contributed by atoms with van der Waals surface area (Å²) in [6, 6.07) is 22.0. The summed E-state index contributed by atoms with van der Waals surface area (Å²) in [5.41, 5.74) is 0.896. The molecule has 3 aromatic carbocycles. The lowest BCUT2D eigenvalue weighted by molar-refractivity contribution is -0.114. The highest BCUT2D eigenvalue weighted by atomic mass is 32.2. The van der Waals surface area contributed by atoms with Gasteiger partial charge < -0.3 is 15.4 Å². The van der Waals surface area contributed by atoms with Crippen LogP contribution in [0.3, 0.4) is 0 Å². The summed E-state index contributed by atoms with van der Waals surface area (Å²) in [6.07, 6.45) is 1.03. The number of carbonyl (C=O) groups excluding carboxylic acids is 2. The van der Waals surface area contributed by atoms with Gasteiger partial charge in [0.25, 0.3) is 5.91 Å². The molecule has 0 aliphatic carbocycles. The quantitative estimate of drug-likeness (QED) is 0.480. The van der Waals surface area contributed by atoms with E-state index < -0.39 is 22.5 Å². The first-order valence-corrected chi connectivity index (χ1v) is 12.5. The van der Waals surface area contributed by atoms with E-state index in [2.05, 4.69) is 10.6 Å². The Hall–Kier alpha value is -3.85. The first kappa shape index (κ1) is 24.8.